The molecule has 0 saturated heterocycles. The lowest BCUT2D eigenvalue weighted by Crippen LogP contribution is -2.26. The Morgan fingerprint density at radius 3 is 1.74 bits per heavy atom. The molecule has 50 heavy (non-hydrogen) atoms. The number of alkyl halides is 5. The van der Waals surface area contributed by atoms with E-state index in [1.54, 1.807) is 0 Å². The molecule has 14 heteroatoms. The minimum absolute atomic E-state index is 0.0303. The summed E-state index contributed by atoms with van der Waals surface area (Å²) in [7, 11) is 0. The Labute approximate surface area is 279 Å². The standard InChI is InChI=1S/C36H29F11O3/c1-2-3-12-48-23-7-4-19(5-8-23)21-14-29(39)33(30(40)15-21)35(43,44)49-24-9-11-25(28(38)18-24)20-6-10-26(27(37)13-20)22-16-31(41)34(32(42)17-22)50-36(45,46)47/h6,9-11,13-19,23H,2-5,7-8,12H2,1H3. The number of unbranched alkanes of at least 4 members (excludes halogenated alkanes) is 1. The van der Waals surface area contributed by atoms with Crippen molar-refractivity contribution >= 4 is 0 Å². The van der Waals surface area contributed by atoms with Crippen LogP contribution in [0.4, 0.5) is 48.3 Å². The number of halogens is 11. The molecule has 0 bridgehead atoms. The molecule has 0 heterocycles. The van der Waals surface area contributed by atoms with Gasteiger partial charge in [0.05, 0.1) is 6.10 Å². The Kier molecular flexibility index (Phi) is 11.0. The molecule has 268 valence electrons. The van der Waals surface area contributed by atoms with Crippen LogP contribution in [0.2, 0.25) is 0 Å². The second-order valence-electron chi connectivity index (χ2n) is 11.8. The summed E-state index contributed by atoms with van der Waals surface area (Å²) in [6.45, 7) is 2.66. The Morgan fingerprint density at radius 1 is 0.620 bits per heavy atom. The third kappa shape index (κ3) is 8.51. The van der Waals surface area contributed by atoms with Crippen molar-refractivity contribution < 1.29 is 62.5 Å². The molecule has 0 N–H and O–H groups in total. The summed E-state index contributed by atoms with van der Waals surface area (Å²) in [4.78, 5) is 0. The zero-order chi connectivity index (χ0) is 36.4. The quantitative estimate of drug-likeness (QED) is 0.114. The summed E-state index contributed by atoms with van der Waals surface area (Å²) in [5.41, 5.74) is -2.92. The predicted octanol–water partition coefficient (Wildman–Crippen LogP) is 11.7. The van der Waals surface area contributed by atoms with E-state index in [0.717, 1.165) is 55.3 Å². The maximum Gasteiger partial charge on any atom is 0.573 e. The summed E-state index contributed by atoms with van der Waals surface area (Å²) in [5, 5.41) is 0. The largest absolute Gasteiger partial charge is 0.573 e. The minimum atomic E-state index is -5.39. The molecule has 1 saturated carbocycles. The Bertz CT molecular complexity index is 1790. The number of benzene rings is 4. The maximum absolute atomic E-state index is 15.1. The number of hydrogen-bond acceptors (Lipinski definition) is 3. The predicted molar refractivity (Wildman–Crippen MR) is 161 cm³/mol. The van der Waals surface area contributed by atoms with E-state index in [1.165, 1.54) is 0 Å². The lowest BCUT2D eigenvalue weighted by molar-refractivity contribution is -0.276. The Balaban J connectivity index is 1.30. The van der Waals surface area contributed by atoms with Gasteiger partial charge in [0.2, 0.25) is 5.75 Å². The van der Waals surface area contributed by atoms with Crippen LogP contribution in [-0.4, -0.2) is 19.1 Å². The van der Waals surface area contributed by atoms with Gasteiger partial charge in [-0.2, -0.15) is 8.78 Å². The first-order valence-electron chi connectivity index (χ1n) is 15.6. The Morgan fingerprint density at radius 2 is 1.18 bits per heavy atom. The molecular weight excluding hydrogens is 689 g/mol. The summed E-state index contributed by atoms with van der Waals surface area (Å²) >= 11 is 0. The van der Waals surface area contributed by atoms with Gasteiger partial charge in [-0.05, 0) is 97.2 Å². The lowest BCUT2D eigenvalue weighted by Gasteiger charge is -2.29. The first-order valence-corrected chi connectivity index (χ1v) is 15.6. The Hall–Kier alpha value is -4.33. The van der Waals surface area contributed by atoms with E-state index in [2.05, 4.69) is 9.47 Å². The molecule has 3 nitrogen and oxygen atoms in total. The molecule has 4 aromatic carbocycles. The lowest BCUT2D eigenvalue weighted by atomic mass is 9.82. The van der Waals surface area contributed by atoms with Gasteiger partial charge in [-0.25, -0.2) is 26.3 Å². The van der Waals surface area contributed by atoms with Gasteiger partial charge in [-0.15, -0.1) is 13.2 Å². The van der Waals surface area contributed by atoms with Crippen LogP contribution >= 0.6 is 0 Å². The molecule has 0 aromatic heterocycles. The molecular formula is C36H29F11O3. The van der Waals surface area contributed by atoms with Crippen LogP contribution in [0.15, 0.2) is 60.7 Å². The average molecular weight is 719 g/mol. The molecule has 0 aliphatic heterocycles. The monoisotopic (exact) mass is 718 g/mol. The minimum Gasteiger partial charge on any atom is -0.429 e. The highest BCUT2D eigenvalue weighted by molar-refractivity contribution is 5.72. The van der Waals surface area contributed by atoms with Crippen LogP contribution < -0.4 is 9.47 Å². The van der Waals surface area contributed by atoms with Crippen LogP contribution in [0.25, 0.3) is 22.3 Å². The highest BCUT2D eigenvalue weighted by atomic mass is 19.4. The van der Waals surface area contributed by atoms with Gasteiger partial charge in [0.25, 0.3) is 0 Å². The molecule has 1 aliphatic rings. The molecule has 0 amide bonds. The fourth-order valence-electron chi connectivity index (χ4n) is 5.90. The van der Waals surface area contributed by atoms with Crippen molar-refractivity contribution in [3.05, 3.63) is 107 Å². The number of hydrogen-bond donors (Lipinski definition) is 0. The van der Waals surface area contributed by atoms with Crippen molar-refractivity contribution in [2.75, 3.05) is 6.61 Å². The number of rotatable bonds is 11. The zero-order valence-electron chi connectivity index (χ0n) is 26.3. The van der Waals surface area contributed by atoms with Gasteiger partial charge >= 0.3 is 12.5 Å². The van der Waals surface area contributed by atoms with Crippen molar-refractivity contribution in [1.29, 1.82) is 0 Å². The SMILES string of the molecule is CCCCOC1CCC(c2cc(F)c(C(F)(F)Oc3ccc(-c4ccc(-c5cc(F)c(OC(F)(F)F)c(F)c5)c(F)c4)c(F)c3)c(F)c2)CC1. The van der Waals surface area contributed by atoms with Crippen LogP contribution in [0.1, 0.15) is 62.5 Å². The van der Waals surface area contributed by atoms with Crippen molar-refractivity contribution in [2.45, 2.75) is 69.9 Å². The van der Waals surface area contributed by atoms with Gasteiger partial charge in [-0.3, -0.25) is 0 Å². The van der Waals surface area contributed by atoms with Gasteiger partial charge < -0.3 is 14.2 Å². The highest BCUT2D eigenvalue weighted by Gasteiger charge is 2.42. The normalized spacial score (nSPS) is 16.8. The van der Waals surface area contributed by atoms with Gasteiger partial charge in [-0.1, -0.05) is 25.5 Å². The van der Waals surface area contributed by atoms with Gasteiger partial charge in [0.15, 0.2) is 11.6 Å². The van der Waals surface area contributed by atoms with E-state index < -0.39 is 75.6 Å². The average Bonchev–Trinajstić information content (AvgIpc) is 3.02. The fraction of sp³-hybridized carbons (Fsp3) is 0.333. The molecule has 0 atom stereocenters. The summed E-state index contributed by atoms with van der Waals surface area (Å²) in [5.74, 6) is -11.8. The third-order valence-corrected chi connectivity index (χ3v) is 8.35. The van der Waals surface area contributed by atoms with E-state index in [-0.39, 0.29) is 28.7 Å². The maximum atomic E-state index is 15.1. The molecule has 0 spiro atoms. The third-order valence-electron chi connectivity index (χ3n) is 8.35. The van der Waals surface area contributed by atoms with Crippen molar-refractivity contribution in [3.63, 3.8) is 0 Å². The first kappa shape index (κ1) is 36.9. The molecule has 1 fully saturated rings. The van der Waals surface area contributed by atoms with E-state index in [4.69, 9.17) is 4.74 Å². The summed E-state index contributed by atoms with van der Waals surface area (Å²) < 4.78 is 170. The van der Waals surface area contributed by atoms with E-state index in [1.807, 2.05) is 6.92 Å². The summed E-state index contributed by atoms with van der Waals surface area (Å²) in [6, 6.07) is 7.56. The van der Waals surface area contributed by atoms with Crippen LogP contribution in [0, 0.1) is 34.9 Å². The molecule has 0 radical (unpaired) electrons. The van der Waals surface area contributed by atoms with Crippen LogP contribution in [0.5, 0.6) is 11.5 Å². The molecule has 0 unspecified atom stereocenters. The van der Waals surface area contributed by atoms with Crippen LogP contribution in [0.3, 0.4) is 0 Å². The van der Waals surface area contributed by atoms with Crippen molar-refractivity contribution in [2.24, 2.45) is 0 Å². The topological polar surface area (TPSA) is 27.7 Å². The van der Waals surface area contributed by atoms with Crippen molar-refractivity contribution in [1.82, 2.24) is 0 Å². The molecule has 1 aliphatic carbocycles. The number of ether oxygens (including phenoxy) is 3. The zero-order valence-corrected chi connectivity index (χ0v) is 26.3. The fourth-order valence-corrected chi connectivity index (χ4v) is 5.90. The van der Waals surface area contributed by atoms with Crippen LogP contribution in [-0.2, 0) is 10.8 Å². The van der Waals surface area contributed by atoms with E-state index in [0.29, 0.717) is 50.5 Å². The van der Waals surface area contributed by atoms with Gasteiger partial charge in [0.1, 0.15) is 34.6 Å². The van der Waals surface area contributed by atoms with Gasteiger partial charge in [0, 0.05) is 23.8 Å². The molecule has 5 rings (SSSR count). The molecule has 4 aromatic rings. The van der Waals surface area contributed by atoms with Crippen molar-refractivity contribution in [3.8, 4) is 33.8 Å². The second-order valence-corrected chi connectivity index (χ2v) is 11.8. The second kappa shape index (κ2) is 14.9. The first-order chi connectivity index (χ1) is 23.6. The van der Waals surface area contributed by atoms with E-state index >= 15 is 22.0 Å². The summed E-state index contributed by atoms with van der Waals surface area (Å²) in [6.07, 6.45) is -5.58. The highest BCUT2D eigenvalue weighted by Crippen LogP contribution is 2.41. The smallest absolute Gasteiger partial charge is 0.429 e. The van der Waals surface area contributed by atoms with E-state index in [9.17, 15) is 26.3 Å².